The minimum Gasteiger partial charge on any atom is -0.156 e. The van der Waals surface area contributed by atoms with Crippen molar-refractivity contribution >= 4 is 23.6 Å². The van der Waals surface area contributed by atoms with E-state index in [1.54, 1.807) is 0 Å². The van der Waals surface area contributed by atoms with Crippen molar-refractivity contribution in [1.82, 2.24) is 0 Å². The summed E-state index contributed by atoms with van der Waals surface area (Å²) in [6.07, 6.45) is 7.99. The van der Waals surface area contributed by atoms with Crippen LogP contribution in [0.1, 0.15) is 25.0 Å². The third-order valence-electron chi connectivity index (χ3n) is 3.00. The van der Waals surface area contributed by atoms with Crippen molar-refractivity contribution in [2.75, 3.05) is 0 Å². The molecule has 0 radical (unpaired) electrons. The molecule has 22 heavy (non-hydrogen) atoms. The lowest BCUT2D eigenvalue weighted by Crippen LogP contribution is -1.87. The quantitative estimate of drug-likeness (QED) is 0.530. The predicted molar refractivity (Wildman–Crippen MR) is 97.2 cm³/mol. The summed E-state index contributed by atoms with van der Waals surface area (Å²) in [5.41, 5.74) is 4.05. The molecule has 0 fully saturated rings. The third-order valence-corrected chi connectivity index (χ3v) is 3.00. The lowest BCUT2D eigenvalue weighted by molar-refractivity contribution is 1.23. The Morgan fingerprint density at radius 2 is 1.00 bits per heavy atom. The Morgan fingerprint density at radius 3 is 1.36 bits per heavy atom. The van der Waals surface area contributed by atoms with Crippen LogP contribution in [-0.4, -0.2) is 11.4 Å². The second-order valence-electron chi connectivity index (χ2n) is 4.97. The van der Waals surface area contributed by atoms with E-state index in [-0.39, 0.29) is 0 Å². The first kappa shape index (κ1) is 15.6. The van der Waals surface area contributed by atoms with Crippen LogP contribution in [0.4, 0.5) is 0 Å². The Kier molecular flexibility index (Phi) is 6.06. The fourth-order valence-corrected chi connectivity index (χ4v) is 1.79. The molecule has 110 valence electrons. The smallest absolute Gasteiger partial charge is 0.0599 e. The van der Waals surface area contributed by atoms with Crippen molar-refractivity contribution in [3.63, 3.8) is 0 Å². The van der Waals surface area contributed by atoms with Crippen LogP contribution in [0, 0.1) is 0 Å². The lowest BCUT2D eigenvalue weighted by atomic mass is 10.2. The summed E-state index contributed by atoms with van der Waals surface area (Å²) in [5, 5.41) is 8.44. The van der Waals surface area contributed by atoms with E-state index in [1.807, 2.05) is 74.5 Å². The van der Waals surface area contributed by atoms with Gasteiger partial charge in [0.05, 0.1) is 11.4 Å². The van der Waals surface area contributed by atoms with Gasteiger partial charge in [0.25, 0.3) is 0 Å². The maximum Gasteiger partial charge on any atom is 0.0599 e. The molecule has 0 aliphatic heterocycles. The van der Waals surface area contributed by atoms with Gasteiger partial charge in [0.1, 0.15) is 0 Å². The Labute approximate surface area is 132 Å². The van der Waals surface area contributed by atoms with Crippen LogP contribution in [0.15, 0.2) is 83.0 Å². The number of nitrogens with zero attached hydrogens (tertiary/aromatic N) is 2. The van der Waals surface area contributed by atoms with Gasteiger partial charge in [0, 0.05) is 0 Å². The van der Waals surface area contributed by atoms with Gasteiger partial charge in [-0.1, -0.05) is 72.8 Å². The average Bonchev–Trinajstić information content (AvgIpc) is 2.58. The second kappa shape index (κ2) is 8.53. The van der Waals surface area contributed by atoms with Crippen molar-refractivity contribution in [3.8, 4) is 0 Å². The molecule has 2 aromatic carbocycles. The van der Waals surface area contributed by atoms with Crippen molar-refractivity contribution < 1.29 is 0 Å². The Balaban J connectivity index is 1.96. The van der Waals surface area contributed by atoms with Gasteiger partial charge in [0.15, 0.2) is 0 Å². The molecule has 2 aromatic rings. The normalized spacial score (nSPS) is 13.2. The third kappa shape index (κ3) is 5.71. The van der Waals surface area contributed by atoms with Crippen LogP contribution in [0.25, 0.3) is 12.2 Å². The van der Waals surface area contributed by atoms with Gasteiger partial charge in [0.2, 0.25) is 0 Å². The summed E-state index contributed by atoms with van der Waals surface area (Å²) in [6.45, 7) is 3.88. The van der Waals surface area contributed by atoms with Crippen molar-refractivity contribution in [3.05, 3.63) is 83.9 Å². The highest BCUT2D eigenvalue weighted by Crippen LogP contribution is 2.02. The Morgan fingerprint density at radius 1 is 0.636 bits per heavy atom. The second-order valence-corrected chi connectivity index (χ2v) is 4.97. The molecule has 0 spiro atoms. The number of allylic oxidation sites excluding steroid dienone is 2. The van der Waals surface area contributed by atoms with Gasteiger partial charge in [-0.3, -0.25) is 0 Å². The first-order valence-corrected chi connectivity index (χ1v) is 7.29. The molecule has 2 heteroatoms. The van der Waals surface area contributed by atoms with E-state index in [2.05, 4.69) is 34.5 Å². The van der Waals surface area contributed by atoms with E-state index >= 15 is 0 Å². The van der Waals surface area contributed by atoms with Gasteiger partial charge in [-0.15, -0.1) is 0 Å². The molecule has 2 rings (SSSR count). The summed E-state index contributed by atoms with van der Waals surface area (Å²) in [7, 11) is 0. The highest BCUT2D eigenvalue weighted by molar-refractivity contribution is 5.99. The minimum absolute atomic E-state index is 0.872. The van der Waals surface area contributed by atoms with E-state index in [4.69, 9.17) is 0 Å². The number of hydrogen-bond acceptors (Lipinski definition) is 2. The van der Waals surface area contributed by atoms with Gasteiger partial charge in [-0.05, 0) is 37.1 Å². The molecular formula is C20H20N2. The molecule has 2 nitrogen and oxygen atoms in total. The highest BCUT2D eigenvalue weighted by Gasteiger charge is 1.88. The largest absolute Gasteiger partial charge is 0.156 e. The Bertz CT molecular complexity index is 630. The molecule has 0 aromatic heterocycles. The average molecular weight is 288 g/mol. The van der Waals surface area contributed by atoms with E-state index in [0.29, 0.717) is 0 Å². The standard InChI is InChI=1S/C20H20N2/c1-17(13-15-19-9-5-3-6-10-19)21-22-18(2)14-16-20-11-7-4-8-12-20/h3-16H,1-2H3/b15-13+,16-14+,21-17-,22-18-. The molecule has 0 atom stereocenters. The van der Waals surface area contributed by atoms with E-state index < -0.39 is 0 Å². The molecule has 0 unspecified atom stereocenters. The van der Waals surface area contributed by atoms with Crippen LogP contribution < -0.4 is 0 Å². The number of hydrogen-bond donors (Lipinski definition) is 0. The molecule has 0 aliphatic carbocycles. The molecule has 0 N–H and O–H groups in total. The van der Waals surface area contributed by atoms with Crippen molar-refractivity contribution in [1.29, 1.82) is 0 Å². The number of rotatable bonds is 5. The van der Waals surface area contributed by atoms with Gasteiger partial charge in [-0.2, -0.15) is 10.2 Å². The van der Waals surface area contributed by atoms with Crippen LogP contribution in [-0.2, 0) is 0 Å². The molecule has 0 saturated heterocycles. The number of benzene rings is 2. The highest BCUT2D eigenvalue weighted by atomic mass is 15.2. The maximum absolute atomic E-state index is 4.22. The van der Waals surface area contributed by atoms with Crippen LogP contribution in [0.5, 0.6) is 0 Å². The SMILES string of the molecule is CC(/C=C/c1ccccc1)=N/N=C(C)\C=C\c1ccccc1. The summed E-state index contributed by atoms with van der Waals surface area (Å²) < 4.78 is 0. The molecule has 0 bridgehead atoms. The molecular weight excluding hydrogens is 268 g/mol. The summed E-state index contributed by atoms with van der Waals surface area (Å²) in [4.78, 5) is 0. The van der Waals surface area contributed by atoms with Crippen molar-refractivity contribution in [2.45, 2.75) is 13.8 Å². The lowest BCUT2D eigenvalue weighted by Gasteiger charge is -1.93. The van der Waals surface area contributed by atoms with Crippen LogP contribution >= 0.6 is 0 Å². The molecule has 0 heterocycles. The predicted octanol–water partition coefficient (Wildman–Crippen LogP) is 5.25. The van der Waals surface area contributed by atoms with Crippen LogP contribution in [0.3, 0.4) is 0 Å². The van der Waals surface area contributed by atoms with Crippen LogP contribution in [0.2, 0.25) is 0 Å². The summed E-state index contributed by atoms with van der Waals surface area (Å²) >= 11 is 0. The zero-order chi connectivity index (χ0) is 15.6. The van der Waals surface area contributed by atoms with E-state index in [0.717, 1.165) is 22.6 Å². The molecule has 0 aliphatic rings. The zero-order valence-corrected chi connectivity index (χ0v) is 13.0. The first-order valence-electron chi connectivity index (χ1n) is 7.29. The molecule has 0 saturated carbocycles. The monoisotopic (exact) mass is 288 g/mol. The van der Waals surface area contributed by atoms with Gasteiger partial charge in [-0.25, -0.2) is 0 Å². The summed E-state index contributed by atoms with van der Waals surface area (Å²) in [6, 6.07) is 20.3. The van der Waals surface area contributed by atoms with Crippen molar-refractivity contribution in [2.24, 2.45) is 10.2 Å². The van der Waals surface area contributed by atoms with Gasteiger partial charge < -0.3 is 0 Å². The summed E-state index contributed by atoms with van der Waals surface area (Å²) in [5.74, 6) is 0. The fraction of sp³-hybridized carbons (Fsp3) is 0.100. The minimum atomic E-state index is 0.872. The first-order chi connectivity index (χ1) is 10.7. The molecule has 0 amide bonds. The zero-order valence-electron chi connectivity index (χ0n) is 13.0. The maximum atomic E-state index is 4.22. The van der Waals surface area contributed by atoms with E-state index in [1.165, 1.54) is 0 Å². The topological polar surface area (TPSA) is 24.7 Å². The van der Waals surface area contributed by atoms with E-state index in [9.17, 15) is 0 Å². The fourth-order valence-electron chi connectivity index (χ4n) is 1.79. The van der Waals surface area contributed by atoms with Gasteiger partial charge >= 0.3 is 0 Å². The Hall–Kier alpha value is -2.74.